The number of carbonyl (C=O) groups excluding carboxylic acids is 2. The van der Waals surface area contributed by atoms with E-state index in [1.54, 1.807) is 20.8 Å². The predicted molar refractivity (Wildman–Crippen MR) is 106 cm³/mol. The Hall–Kier alpha value is -2.38. The van der Waals surface area contributed by atoms with Gasteiger partial charge in [0.05, 0.1) is 21.2 Å². The summed E-state index contributed by atoms with van der Waals surface area (Å²) in [5.41, 5.74) is -2.77. The normalized spacial score (nSPS) is 12.6. The van der Waals surface area contributed by atoms with Crippen molar-refractivity contribution in [3.05, 3.63) is 75.0 Å². The van der Waals surface area contributed by atoms with Crippen molar-refractivity contribution in [2.75, 3.05) is 0 Å². The largest absolute Gasteiger partial charge is 0.456 e. The molecule has 2 aromatic rings. The molecule has 0 N–H and O–H groups in total. The Balaban J connectivity index is 2.42. The van der Waals surface area contributed by atoms with Gasteiger partial charge in [-0.3, -0.25) is 4.79 Å². The topological polar surface area (TPSA) is 43.4 Å². The highest BCUT2D eigenvalue weighted by atomic mass is 35.5. The maximum atomic E-state index is 13.5. The van der Waals surface area contributed by atoms with Crippen molar-refractivity contribution in [1.29, 1.82) is 0 Å². The van der Waals surface area contributed by atoms with Crippen LogP contribution in [0, 0.1) is 5.82 Å². The highest BCUT2D eigenvalue weighted by Crippen LogP contribution is 2.36. The number of halogens is 6. The maximum Gasteiger partial charge on any atom is 0.417 e. The van der Waals surface area contributed by atoms with Gasteiger partial charge < -0.3 is 4.74 Å². The molecule has 2 rings (SSSR count). The van der Waals surface area contributed by atoms with E-state index in [9.17, 15) is 27.2 Å². The molecule has 0 bridgehead atoms. The number of alkyl halides is 3. The van der Waals surface area contributed by atoms with Crippen LogP contribution in [0.4, 0.5) is 17.6 Å². The fourth-order valence-electron chi connectivity index (χ4n) is 2.37. The Bertz CT molecular complexity index is 1020. The van der Waals surface area contributed by atoms with Crippen LogP contribution in [-0.4, -0.2) is 23.5 Å². The fourth-order valence-corrected chi connectivity index (χ4v) is 2.81. The molecule has 0 aliphatic heterocycles. The first-order valence-electron chi connectivity index (χ1n) is 8.50. The van der Waals surface area contributed by atoms with E-state index in [-0.39, 0.29) is 16.1 Å². The number of hydrogen-bond donors (Lipinski definition) is 0. The van der Waals surface area contributed by atoms with E-state index in [1.807, 2.05) is 0 Å². The lowest BCUT2D eigenvalue weighted by atomic mass is 10.0. The van der Waals surface area contributed by atoms with E-state index < -0.39 is 45.5 Å². The van der Waals surface area contributed by atoms with Gasteiger partial charge >= 0.3 is 12.1 Å². The molecule has 0 aliphatic rings. The first-order valence-corrected chi connectivity index (χ1v) is 9.26. The summed E-state index contributed by atoms with van der Waals surface area (Å²) in [6.45, 7) is 4.96. The predicted octanol–water partition coefficient (Wildman–Crippen LogP) is 6.92. The molecule has 0 atom stereocenters. The van der Waals surface area contributed by atoms with Crippen molar-refractivity contribution in [2.24, 2.45) is 0 Å². The Morgan fingerprint density at radius 1 is 0.933 bits per heavy atom. The van der Waals surface area contributed by atoms with E-state index in [1.165, 1.54) is 6.07 Å². The quantitative estimate of drug-likeness (QED) is 0.214. The number of esters is 1. The van der Waals surface area contributed by atoms with Crippen molar-refractivity contribution >= 4 is 40.5 Å². The number of ketones is 1. The van der Waals surface area contributed by atoms with E-state index in [0.29, 0.717) is 6.08 Å². The number of carbonyl (C=O) groups is 2. The zero-order valence-electron chi connectivity index (χ0n) is 16.0. The second-order valence-electron chi connectivity index (χ2n) is 7.25. The zero-order chi connectivity index (χ0) is 22.9. The van der Waals surface area contributed by atoms with Gasteiger partial charge in [0.1, 0.15) is 11.4 Å². The molecule has 0 fully saturated rings. The molecular weight excluding hydrogens is 447 g/mol. The smallest absolute Gasteiger partial charge is 0.417 e. The summed E-state index contributed by atoms with van der Waals surface area (Å²) >= 11 is 11.6. The van der Waals surface area contributed by atoms with E-state index >= 15 is 0 Å². The van der Waals surface area contributed by atoms with Gasteiger partial charge in [-0.1, -0.05) is 35.3 Å². The van der Waals surface area contributed by atoms with Crippen LogP contribution >= 0.6 is 23.2 Å². The van der Waals surface area contributed by atoms with Crippen molar-refractivity contribution in [3.63, 3.8) is 0 Å². The first-order chi connectivity index (χ1) is 13.7. The number of allylic oxidation sites excluding steroid dienone is 2. The second kappa shape index (κ2) is 8.78. The van der Waals surface area contributed by atoms with Gasteiger partial charge in [-0.2, -0.15) is 13.2 Å². The lowest BCUT2D eigenvalue weighted by Crippen LogP contribution is -2.24. The minimum Gasteiger partial charge on any atom is -0.456 e. The van der Waals surface area contributed by atoms with Crippen molar-refractivity contribution in [3.8, 4) is 0 Å². The van der Waals surface area contributed by atoms with Gasteiger partial charge in [0.2, 0.25) is 0 Å². The summed E-state index contributed by atoms with van der Waals surface area (Å²) in [7, 11) is 0. The van der Waals surface area contributed by atoms with Crippen molar-refractivity contribution in [1.82, 2.24) is 0 Å². The Kier molecular flexibility index (Phi) is 6.99. The van der Waals surface area contributed by atoms with Gasteiger partial charge in [-0.25, -0.2) is 9.18 Å². The molecule has 30 heavy (non-hydrogen) atoms. The molecule has 0 amide bonds. The summed E-state index contributed by atoms with van der Waals surface area (Å²) < 4.78 is 58.9. The molecule has 0 saturated heterocycles. The lowest BCUT2D eigenvalue weighted by Gasteiger charge is -2.20. The molecule has 3 nitrogen and oxygen atoms in total. The van der Waals surface area contributed by atoms with Crippen LogP contribution in [0.15, 0.2) is 42.5 Å². The molecule has 0 spiro atoms. The second-order valence-corrected chi connectivity index (χ2v) is 8.06. The van der Waals surface area contributed by atoms with Gasteiger partial charge in [-0.05, 0) is 56.7 Å². The fraction of sp³-hybridized carbons (Fsp3) is 0.238. The zero-order valence-corrected chi connectivity index (χ0v) is 17.5. The summed E-state index contributed by atoms with van der Waals surface area (Å²) in [5.74, 6) is -2.64. The molecule has 0 aromatic heterocycles. The van der Waals surface area contributed by atoms with E-state index in [4.69, 9.17) is 27.9 Å². The molecule has 160 valence electrons. The van der Waals surface area contributed by atoms with Crippen LogP contribution in [0.3, 0.4) is 0 Å². The monoisotopic (exact) mass is 462 g/mol. The summed E-state index contributed by atoms with van der Waals surface area (Å²) in [5, 5.41) is -0.665. The van der Waals surface area contributed by atoms with Crippen LogP contribution < -0.4 is 0 Å². The highest BCUT2D eigenvalue weighted by molar-refractivity contribution is 6.34. The third kappa shape index (κ3) is 6.06. The van der Waals surface area contributed by atoms with Crippen LogP contribution in [0.2, 0.25) is 10.0 Å². The molecule has 9 heteroatoms. The lowest BCUT2D eigenvalue weighted by molar-refractivity contribution is -0.0690. The van der Waals surface area contributed by atoms with Gasteiger partial charge in [-0.15, -0.1) is 0 Å². The van der Waals surface area contributed by atoms with Gasteiger partial charge in [0.25, 0.3) is 0 Å². The van der Waals surface area contributed by atoms with Crippen LogP contribution in [0.25, 0.3) is 5.57 Å². The summed E-state index contributed by atoms with van der Waals surface area (Å²) in [6, 6.07) is 5.85. The van der Waals surface area contributed by atoms with Crippen molar-refractivity contribution in [2.45, 2.75) is 32.5 Å². The minimum atomic E-state index is -4.91. The van der Waals surface area contributed by atoms with Crippen LogP contribution in [0.5, 0.6) is 0 Å². The molecule has 0 radical (unpaired) electrons. The SMILES string of the molecule is CC(C)(C)OC(=O)c1ccc(C(=O)C=C(c2ccc(F)c(Cl)c2)C(F)(F)F)cc1Cl. The molecule has 0 unspecified atom stereocenters. The average molecular weight is 463 g/mol. The first kappa shape index (κ1) is 23.9. The number of benzene rings is 2. The van der Waals surface area contributed by atoms with Crippen LogP contribution in [0.1, 0.15) is 47.1 Å². The van der Waals surface area contributed by atoms with Crippen LogP contribution in [-0.2, 0) is 4.74 Å². The third-order valence-corrected chi connectivity index (χ3v) is 4.29. The minimum absolute atomic E-state index is 0.0338. The standard InChI is InChI=1S/C21H16Cl2F4O3/c1-20(2,3)30-19(29)13-6-4-12(9-15(13)22)18(28)10-14(21(25,26)27)11-5-7-17(24)16(23)8-11/h4-10H,1-3H3. The number of hydrogen-bond acceptors (Lipinski definition) is 3. The maximum absolute atomic E-state index is 13.5. The van der Waals surface area contributed by atoms with E-state index in [2.05, 4.69) is 0 Å². The van der Waals surface area contributed by atoms with Gasteiger partial charge in [0, 0.05) is 5.56 Å². The Morgan fingerprint density at radius 3 is 2.00 bits per heavy atom. The number of rotatable bonds is 4. The summed E-state index contributed by atoms with van der Waals surface area (Å²) in [6.07, 6.45) is -4.54. The molecule has 2 aromatic carbocycles. The Labute approximate surface area is 180 Å². The molecular formula is C21H16Cl2F4O3. The molecule has 0 aliphatic carbocycles. The van der Waals surface area contributed by atoms with E-state index in [0.717, 1.165) is 30.3 Å². The highest BCUT2D eigenvalue weighted by Gasteiger charge is 2.35. The third-order valence-electron chi connectivity index (χ3n) is 3.68. The van der Waals surface area contributed by atoms with Gasteiger partial charge in [0.15, 0.2) is 5.78 Å². The Morgan fingerprint density at radius 2 is 1.50 bits per heavy atom. The molecule has 0 heterocycles. The average Bonchev–Trinajstić information content (AvgIpc) is 2.59. The van der Waals surface area contributed by atoms with Crippen molar-refractivity contribution < 1.29 is 31.9 Å². The number of ether oxygens (including phenoxy) is 1. The molecule has 0 saturated carbocycles. The summed E-state index contributed by atoms with van der Waals surface area (Å²) in [4.78, 5) is 24.6.